The Bertz CT molecular complexity index is 1710. The molecule has 1 heterocycles. The number of ether oxygens (including phenoxy) is 1. The molecule has 0 spiro atoms. The van der Waals surface area contributed by atoms with Crippen LogP contribution in [-0.4, -0.2) is 32.7 Å². The van der Waals surface area contributed by atoms with Crippen molar-refractivity contribution in [3.05, 3.63) is 138 Å². The molecule has 3 aromatic carbocycles. The molecule has 8 heteroatoms. The summed E-state index contributed by atoms with van der Waals surface area (Å²) >= 11 is 0. The fourth-order valence-corrected chi connectivity index (χ4v) is 5.06. The third-order valence-electron chi connectivity index (χ3n) is 5.94. The van der Waals surface area contributed by atoms with Crippen molar-refractivity contribution in [2.24, 2.45) is 4.40 Å². The summed E-state index contributed by atoms with van der Waals surface area (Å²) < 4.78 is 38.7. The van der Waals surface area contributed by atoms with Crippen molar-refractivity contribution >= 4 is 38.8 Å². The van der Waals surface area contributed by atoms with Crippen LogP contribution >= 0.6 is 0 Å². The first-order valence-corrected chi connectivity index (χ1v) is 14.0. The monoisotopic (exact) mass is 550 g/mol. The Morgan fingerprint density at radius 2 is 1.35 bits per heavy atom. The van der Waals surface area contributed by atoms with E-state index in [1.807, 2.05) is 19.1 Å². The van der Waals surface area contributed by atoms with Gasteiger partial charge in [0.25, 0.3) is 0 Å². The van der Waals surface area contributed by atoms with Gasteiger partial charge in [-0.3, -0.25) is 5.41 Å². The summed E-state index contributed by atoms with van der Waals surface area (Å²) in [6, 6.07) is 29.7. The zero-order valence-corrected chi connectivity index (χ0v) is 22.9. The molecule has 0 aliphatic heterocycles. The van der Waals surface area contributed by atoms with E-state index in [1.54, 1.807) is 103 Å². The molecule has 40 heavy (non-hydrogen) atoms. The van der Waals surface area contributed by atoms with Gasteiger partial charge < -0.3 is 4.74 Å². The lowest BCUT2D eigenvalue weighted by Crippen LogP contribution is -2.44. The molecule has 4 aromatic rings. The van der Waals surface area contributed by atoms with Crippen molar-refractivity contribution in [3.8, 4) is 0 Å². The summed E-state index contributed by atoms with van der Waals surface area (Å²) in [5, 5.41) is 8.10. The summed E-state index contributed by atoms with van der Waals surface area (Å²) in [6.45, 7) is 3.63. The van der Waals surface area contributed by atoms with E-state index in [1.165, 1.54) is 12.1 Å². The second kappa shape index (κ2) is 12.8. The molecule has 200 valence electrons. The zero-order chi connectivity index (χ0) is 28.5. The Morgan fingerprint density at radius 1 is 0.825 bits per heavy atom. The fraction of sp³-hybridized carbons (Fsp3) is 0.0938. The molecule has 0 amide bonds. The first-order chi connectivity index (χ1) is 19.4. The number of carbonyl (C=O) groups is 1. The molecule has 0 atom stereocenters. The van der Waals surface area contributed by atoms with Crippen LogP contribution in [0.3, 0.4) is 0 Å². The molecule has 0 bridgehead atoms. The smallest absolute Gasteiger partial charge is 0.370 e. The molecule has 7 nitrogen and oxygen atoms in total. The lowest BCUT2D eigenvalue weighted by molar-refractivity contribution is -0.552. The number of aromatic nitrogens is 1. The van der Waals surface area contributed by atoms with Gasteiger partial charge in [-0.25, -0.2) is 9.36 Å². The van der Waals surface area contributed by atoms with Gasteiger partial charge >= 0.3 is 21.8 Å². The summed E-state index contributed by atoms with van der Waals surface area (Å²) in [5.74, 6) is 1.53. The van der Waals surface area contributed by atoms with Crippen molar-refractivity contribution in [1.29, 1.82) is 5.41 Å². The first kappa shape index (κ1) is 28.1. The van der Waals surface area contributed by atoms with Crippen molar-refractivity contribution in [3.63, 3.8) is 0 Å². The molecule has 1 aromatic heterocycles. The fourth-order valence-electron chi connectivity index (χ4n) is 4.07. The standard InChI is InChI=1S/C32H28N3O4S/c1-3-39-32(36)28(23-33)29(25-13-7-4-8-14-25)30(26-15-9-5-10-16-26)31(35-21-11-6-12-22-35)34-40(37,38)27-19-17-24(2)18-20-27/h4-22,33H,3H2,1-2H3/q+1/b30-29-,34-31?. The number of sulfonamides is 1. The van der Waals surface area contributed by atoms with Crippen LogP contribution in [0.25, 0.3) is 11.1 Å². The average molecular weight is 551 g/mol. The van der Waals surface area contributed by atoms with Gasteiger partial charge in [-0.15, -0.1) is 0 Å². The predicted molar refractivity (Wildman–Crippen MR) is 155 cm³/mol. The van der Waals surface area contributed by atoms with E-state index in [-0.39, 0.29) is 28.5 Å². The second-order valence-corrected chi connectivity index (χ2v) is 10.3. The van der Waals surface area contributed by atoms with Crippen molar-refractivity contribution in [2.45, 2.75) is 18.7 Å². The molecule has 0 radical (unpaired) electrons. The molecule has 0 saturated heterocycles. The van der Waals surface area contributed by atoms with Gasteiger partial charge in [-0.05, 0) is 55.1 Å². The van der Waals surface area contributed by atoms with Gasteiger partial charge in [-0.1, -0.05) is 84.4 Å². The van der Waals surface area contributed by atoms with Gasteiger partial charge in [0.1, 0.15) is 10.5 Å². The van der Waals surface area contributed by atoms with Crippen molar-refractivity contribution in [2.75, 3.05) is 6.61 Å². The van der Waals surface area contributed by atoms with Crippen molar-refractivity contribution in [1.82, 2.24) is 0 Å². The van der Waals surface area contributed by atoms with Gasteiger partial charge in [-0.2, -0.15) is 8.42 Å². The number of allylic oxidation sites excluding steroid dienone is 1. The second-order valence-electron chi connectivity index (χ2n) is 8.69. The number of nitrogens with one attached hydrogen (secondary N) is 1. The van der Waals surface area contributed by atoms with Gasteiger partial charge in [0.05, 0.1) is 29.0 Å². The van der Waals surface area contributed by atoms with Crippen LogP contribution in [0.15, 0.2) is 130 Å². The van der Waals surface area contributed by atoms with Crippen LogP contribution in [0.5, 0.6) is 0 Å². The highest BCUT2D eigenvalue weighted by Gasteiger charge is 2.33. The van der Waals surface area contributed by atoms with Gasteiger partial charge in [0, 0.05) is 5.57 Å². The van der Waals surface area contributed by atoms with E-state index >= 15 is 0 Å². The van der Waals surface area contributed by atoms with Crippen LogP contribution in [0.1, 0.15) is 23.6 Å². The zero-order valence-electron chi connectivity index (χ0n) is 22.1. The van der Waals surface area contributed by atoms with E-state index in [4.69, 9.17) is 10.1 Å². The van der Waals surface area contributed by atoms with Crippen LogP contribution in [-0.2, 0) is 19.6 Å². The normalized spacial score (nSPS) is 12.2. The highest BCUT2D eigenvalue weighted by molar-refractivity contribution is 7.90. The number of nitrogens with zero attached hydrogens (tertiary/aromatic N) is 2. The molecular weight excluding hydrogens is 522 g/mol. The number of esters is 1. The highest BCUT2D eigenvalue weighted by Crippen LogP contribution is 2.33. The Labute approximate surface area is 234 Å². The van der Waals surface area contributed by atoms with Crippen LogP contribution in [0.4, 0.5) is 0 Å². The SMILES string of the molecule is CCOC(=O)C(=C=N)/C(=C(\C(=NS(=O)(=O)c1ccc(C)cc1)[n+]1ccccc1)c1ccccc1)c1ccccc1. The summed E-state index contributed by atoms with van der Waals surface area (Å²) in [7, 11) is -4.22. The minimum atomic E-state index is -4.22. The number of benzene rings is 3. The Morgan fingerprint density at radius 3 is 1.88 bits per heavy atom. The lowest BCUT2D eigenvalue weighted by Gasteiger charge is -2.16. The lowest BCUT2D eigenvalue weighted by atomic mass is 9.89. The molecule has 4 rings (SSSR count). The summed E-state index contributed by atoms with van der Waals surface area (Å²) in [5.41, 5.74) is 2.44. The molecule has 0 aliphatic carbocycles. The average Bonchev–Trinajstić information content (AvgIpc) is 2.98. The van der Waals surface area contributed by atoms with Gasteiger partial charge in [0.2, 0.25) is 0 Å². The van der Waals surface area contributed by atoms with E-state index in [2.05, 4.69) is 10.3 Å². The summed E-state index contributed by atoms with van der Waals surface area (Å²) in [4.78, 5) is 13.2. The largest absolute Gasteiger partial charge is 0.462 e. The first-order valence-electron chi connectivity index (χ1n) is 12.6. The number of carbonyl (C=O) groups excluding carboxylic acids is 1. The minimum absolute atomic E-state index is 0.0222. The van der Waals surface area contributed by atoms with Crippen LogP contribution in [0.2, 0.25) is 0 Å². The third kappa shape index (κ3) is 6.38. The molecule has 0 fully saturated rings. The van der Waals surface area contributed by atoms with E-state index in [9.17, 15) is 13.2 Å². The number of aryl methyl sites for hydroxylation is 1. The third-order valence-corrected chi connectivity index (χ3v) is 7.22. The maximum absolute atomic E-state index is 13.7. The molecule has 0 saturated carbocycles. The Kier molecular flexibility index (Phi) is 8.96. The molecule has 0 aliphatic rings. The van der Waals surface area contributed by atoms with Crippen LogP contribution < -0.4 is 4.57 Å². The number of hydrogen-bond donors (Lipinski definition) is 1. The summed E-state index contributed by atoms with van der Waals surface area (Å²) in [6.07, 6.45) is 3.35. The quantitative estimate of drug-likeness (QED) is 0.0615. The van der Waals surface area contributed by atoms with Gasteiger partial charge in [0.15, 0.2) is 0 Å². The van der Waals surface area contributed by atoms with E-state index in [0.717, 1.165) is 5.56 Å². The Hall–Kier alpha value is -4.91. The van der Waals surface area contributed by atoms with E-state index < -0.39 is 16.0 Å². The Balaban J connectivity index is 2.19. The molecule has 1 N–H and O–H groups in total. The predicted octanol–water partition coefficient (Wildman–Crippen LogP) is 5.27. The van der Waals surface area contributed by atoms with E-state index in [0.29, 0.717) is 16.7 Å². The number of pyridine rings is 1. The topological polar surface area (TPSA) is 101 Å². The highest BCUT2D eigenvalue weighted by atomic mass is 32.2. The molecule has 0 unspecified atom stereocenters. The number of hydrogen-bond acceptors (Lipinski definition) is 5. The maximum atomic E-state index is 13.7. The van der Waals surface area contributed by atoms with Crippen LogP contribution in [0, 0.1) is 12.3 Å². The maximum Gasteiger partial charge on any atom is 0.370 e. The molecular formula is C32H28N3O4S+. The van der Waals surface area contributed by atoms with Crippen molar-refractivity contribution < 1.29 is 22.5 Å². The minimum Gasteiger partial charge on any atom is -0.462 e. The number of rotatable bonds is 8.